The molecule has 0 radical (unpaired) electrons. The van der Waals surface area contributed by atoms with Gasteiger partial charge in [0.1, 0.15) is 0 Å². The molecule has 0 N–H and O–H groups in total. The molecule has 1 aliphatic heterocycles. The highest BCUT2D eigenvalue weighted by atomic mass is 79.9. The lowest BCUT2D eigenvalue weighted by atomic mass is 10.1. The van der Waals surface area contributed by atoms with Crippen molar-refractivity contribution in [2.75, 3.05) is 18.5 Å². The molecule has 0 spiro atoms. The molecule has 1 amide bonds. The molecule has 1 unspecified atom stereocenters. The summed E-state index contributed by atoms with van der Waals surface area (Å²) in [4.78, 5) is 14.3. The monoisotopic (exact) mass is 319 g/mol. The van der Waals surface area contributed by atoms with Crippen LogP contribution in [0.1, 0.15) is 52.4 Å². The Morgan fingerprint density at radius 1 is 1.44 bits per heavy atom. The molecule has 18 heavy (non-hydrogen) atoms. The smallest absolute Gasteiger partial charge is 0.222 e. The highest BCUT2D eigenvalue weighted by Crippen LogP contribution is 2.19. The predicted molar refractivity (Wildman–Crippen MR) is 78.1 cm³/mol. The number of alkyl halides is 1. The Hall–Kier alpha value is -0.0900. The molecular formula is C14H26BrNO2. The summed E-state index contributed by atoms with van der Waals surface area (Å²) < 4.78 is 5.58. The van der Waals surface area contributed by atoms with Gasteiger partial charge in [-0.15, -0.1) is 0 Å². The first kappa shape index (κ1) is 16.0. The Morgan fingerprint density at radius 2 is 2.17 bits per heavy atom. The van der Waals surface area contributed by atoms with E-state index in [1.165, 1.54) is 0 Å². The Morgan fingerprint density at radius 3 is 2.67 bits per heavy atom. The second kappa shape index (κ2) is 8.92. The van der Waals surface area contributed by atoms with E-state index in [2.05, 4.69) is 29.8 Å². The average molecular weight is 320 g/mol. The molecule has 0 aromatic heterocycles. The van der Waals surface area contributed by atoms with Gasteiger partial charge in [0.05, 0.1) is 6.10 Å². The van der Waals surface area contributed by atoms with Crippen LogP contribution in [-0.2, 0) is 9.53 Å². The molecule has 0 aliphatic carbocycles. The van der Waals surface area contributed by atoms with E-state index in [4.69, 9.17) is 4.74 Å². The summed E-state index contributed by atoms with van der Waals surface area (Å²) >= 11 is 3.44. The van der Waals surface area contributed by atoms with Crippen LogP contribution < -0.4 is 0 Å². The molecule has 1 aliphatic rings. The van der Waals surface area contributed by atoms with Gasteiger partial charge in [0.15, 0.2) is 0 Å². The van der Waals surface area contributed by atoms with Gasteiger partial charge in [0.2, 0.25) is 5.91 Å². The van der Waals surface area contributed by atoms with E-state index in [9.17, 15) is 4.79 Å². The highest BCUT2D eigenvalue weighted by Gasteiger charge is 2.22. The van der Waals surface area contributed by atoms with Crippen LogP contribution in [-0.4, -0.2) is 41.4 Å². The van der Waals surface area contributed by atoms with Crippen molar-refractivity contribution in [3.63, 3.8) is 0 Å². The van der Waals surface area contributed by atoms with Gasteiger partial charge in [0, 0.05) is 30.9 Å². The maximum absolute atomic E-state index is 12.3. The summed E-state index contributed by atoms with van der Waals surface area (Å²) in [6.07, 6.45) is 6.19. The minimum absolute atomic E-state index is 0.290. The Balaban J connectivity index is 2.42. The normalized spacial score (nSPS) is 19.4. The van der Waals surface area contributed by atoms with Crippen LogP contribution in [0, 0.1) is 0 Å². The van der Waals surface area contributed by atoms with Crippen molar-refractivity contribution in [3.8, 4) is 0 Å². The maximum Gasteiger partial charge on any atom is 0.222 e. The van der Waals surface area contributed by atoms with E-state index >= 15 is 0 Å². The second-order valence-electron chi connectivity index (χ2n) is 4.92. The molecule has 3 nitrogen and oxygen atoms in total. The first-order chi connectivity index (χ1) is 8.72. The van der Waals surface area contributed by atoms with Crippen LogP contribution in [0.5, 0.6) is 0 Å². The topological polar surface area (TPSA) is 29.5 Å². The van der Waals surface area contributed by atoms with E-state index in [0.29, 0.717) is 24.5 Å². The van der Waals surface area contributed by atoms with Crippen LogP contribution in [0.15, 0.2) is 0 Å². The number of carbonyl (C=O) groups is 1. The van der Waals surface area contributed by atoms with Crippen molar-refractivity contribution in [2.45, 2.75) is 64.5 Å². The van der Waals surface area contributed by atoms with Crippen molar-refractivity contribution in [1.29, 1.82) is 0 Å². The van der Waals surface area contributed by atoms with E-state index < -0.39 is 0 Å². The van der Waals surface area contributed by atoms with Crippen molar-refractivity contribution >= 4 is 21.8 Å². The van der Waals surface area contributed by atoms with Crippen molar-refractivity contribution in [3.05, 3.63) is 0 Å². The zero-order valence-electron chi connectivity index (χ0n) is 11.7. The number of amides is 1. The van der Waals surface area contributed by atoms with Crippen molar-refractivity contribution < 1.29 is 9.53 Å². The lowest BCUT2D eigenvalue weighted by Gasteiger charge is -2.30. The fourth-order valence-electron chi connectivity index (χ4n) is 2.63. The van der Waals surface area contributed by atoms with Gasteiger partial charge < -0.3 is 9.64 Å². The molecule has 4 heteroatoms. The predicted octanol–water partition coefficient (Wildman–Crippen LogP) is 3.36. The van der Waals surface area contributed by atoms with Crippen LogP contribution in [0.3, 0.4) is 0 Å². The maximum atomic E-state index is 12.3. The fraction of sp³-hybridized carbons (Fsp3) is 0.929. The SMILES string of the molecule is CCC(CC)N(CCBr)C(=O)CCC1CCCO1. The third-order valence-electron chi connectivity index (χ3n) is 3.73. The fourth-order valence-corrected chi connectivity index (χ4v) is 3.01. The minimum Gasteiger partial charge on any atom is -0.378 e. The van der Waals surface area contributed by atoms with Crippen LogP contribution in [0.2, 0.25) is 0 Å². The van der Waals surface area contributed by atoms with E-state index in [0.717, 1.165) is 50.6 Å². The number of carbonyl (C=O) groups excluding carboxylic acids is 1. The summed E-state index contributed by atoms with van der Waals surface area (Å²) in [5.74, 6) is 0.290. The number of halogens is 1. The van der Waals surface area contributed by atoms with E-state index in [1.807, 2.05) is 4.90 Å². The van der Waals surface area contributed by atoms with Gasteiger partial charge in [-0.2, -0.15) is 0 Å². The van der Waals surface area contributed by atoms with Gasteiger partial charge in [-0.3, -0.25) is 4.79 Å². The van der Waals surface area contributed by atoms with Gasteiger partial charge in [-0.1, -0.05) is 29.8 Å². The molecular weight excluding hydrogens is 294 g/mol. The lowest BCUT2D eigenvalue weighted by molar-refractivity contribution is -0.134. The van der Waals surface area contributed by atoms with Gasteiger partial charge in [-0.25, -0.2) is 0 Å². The minimum atomic E-state index is 0.290. The zero-order chi connectivity index (χ0) is 13.4. The number of hydrogen-bond donors (Lipinski definition) is 0. The summed E-state index contributed by atoms with van der Waals surface area (Å²) in [6, 6.07) is 0.388. The van der Waals surface area contributed by atoms with Crippen LogP contribution in [0.25, 0.3) is 0 Å². The number of ether oxygens (including phenoxy) is 1. The molecule has 0 bridgehead atoms. The molecule has 0 aromatic carbocycles. The molecule has 1 heterocycles. The third-order valence-corrected chi connectivity index (χ3v) is 4.09. The standard InChI is InChI=1S/C14H26BrNO2/c1-3-12(4-2)16(10-9-15)14(17)8-7-13-6-5-11-18-13/h12-13H,3-11H2,1-2H3. The van der Waals surface area contributed by atoms with Gasteiger partial charge in [-0.05, 0) is 32.1 Å². The van der Waals surface area contributed by atoms with Crippen molar-refractivity contribution in [2.24, 2.45) is 0 Å². The first-order valence-electron chi connectivity index (χ1n) is 7.19. The quantitative estimate of drug-likeness (QED) is 0.642. The molecule has 0 saturated carbocycles. The van der Waals surface area contributed by atoms with Crippen molar-refractivity contribution in [1.82, 2.24) is 4.90 Å². The average Bonchev–Trinajstić information content (AvgIpc) is 2.89. The Kier molecular flexibility index (Phi) is 7.91. The molecule has 1 fully saturated rings. The Labute approximate surface area is 119 Å². The summed E-state index contributed by atoms with van der Waals surface area (Å²) in [6.45, 7) is 6.00. The molecule has 1 rings (SSSR count). The third kappa shape index (κ3) is 4.88. The lowest BCUT2D eigenvalue weighted by Crippen LogP contribution is -2.41. The van der Waals surface area contributed by atoms with E-state index in [-0.39, 0.29) is 0 Å². The Bertz CT molecular complexity index is 238. The zero-order valence-corrected chi connectivity index (χ0v) is 13.2. The summed E-state index contributed by atoms with van der Waals surface area (Å²) in [7, 11) is 0. The molecule has 0 aromatic rings. The van der Waals surface area contributed by atoms with Gasteiger partial charge in [0.25, 0.3) is 0 Å². The molecule has 106 valence electrons. The second-order valence-corrected chi connectivity index (χ2v) is 5.71. The number of nitrogens with zero attached hydrogens (tertiary/aromatic N) is 1. The summed E-state index contributed by atoms with van der Waals surface area (Å²) in [5.41, 5.74) is 0. The van der Waals surface area contributed by atoms with E-state index in [1.54, 1.807) is 0 Å². The number of hydrogen-bond acceptors (Lipinski definition) is 2. The molecule has 1 atom stereocenters. The first-order valence-corrected chi connectivity index (χ1v) is 8.32. The van der Waals surface area contributed by atoms with Gasteiger partial charge >= 0.3 is 0 Å². The van der Waals surface area contributed by atoms with Crippen LogP contribution in [0.4, 0.5) is 0 Å². The number of rotatable bonds is 8. The summed E-state index contributed by atoms with van der Waals surface area (Å²) in [5, 5.41) is 0.856. The molecule has 1 saturated heterocycles. The highest BCUT2D eigenvalue weighted by molar-refractivity contribution is 9.09. The van der Waals surface area contributed by atoms with Crippen LogP contribution >= 0.6 is 15.9 Å². The largest absolute Gasteiger partial charge is 0.378 e.